The molecule has 1 amide bonds. The van der Waals surface area contributed by atoms with E-state index in [1.807, 2.05) is 9.97 Å². The molecule has 1 aromatic carbocycles. The van der Waals surface area contributed by atoms with Crippen molar-refractivity contribution >= 4 is 17.3 Å². The zero-order chi connectivity index (χ0) is 18.5. The Balaban J connectivity index is 1.91. The van der Waals surface area contributed by atoms with E-state index in [1.54, 1.807) is 29.2 Å². The van der Waals surface area contributed by atoms with Gasteiger partial charge in [0.15, 0.2) is 0 Å². The van der Waals surface area contributed by atoms with Crippen LogP contribution in [0.1, 0.15) is 36.0 Å². The lowest BCUT2D eigenvalue weighted by Crippen LogP contribution is -2.31. The smallest absolute Gasteiger partial charge is 0.328 e. The van der Waals surface area contributed by atoms with Crippen molar-refractivity contribution < 1.29 is 9.90 Å². The minimum Gasteiger partial charge on any atom is -0.493 e. The molecule has 9 nitrogen and oxygen atoms in total. The molecule has 26 heavy (non-hydrogen) atoms. The number of azo groups is 1. The Hall–Kier alpha value is -3.23. The number of hydrogen-bond acceptors (Lipinski definition) is 6. The summed E-state index contributed by atoms with van der Waals surface area (Å²) >= 11 is 0. The van der Waals surface area contributed by atoms with Crippen LogP contribution >= 0.6 is 0 Å². The topological polar surface area (TPSA) is 131 Å². The third kappa shape index (κ3) is 3.88. The summed E-state index contributed by atoms with van der Waals surface area (Å²) in [5.41, 5.74) is -1.48. The fraction of sp³-hybridized carbons (Fsp3) is 0.353. The van der Waals surface area contributed by atoms with Crippen LogP contribution in [0.15, 0.2) is 44.1 Å². The van der Waals surface area contributed by atoms with Crippen LogP contribution in [0.25, 0.3) is 0 Å². The predicted molar refractivity (Wildman–Crippen MR) is 94.3 cm³/mol. The first-order valence-electron chi connectivity index (χ1n) is 8.42. The van der Waals surface area contributed by atoms with Gasteiger partial charge in [0.2, 0.25) is 11.6 Å². The van der Waals surface area contributed by atoms with Crippen LogP contribution in [-0.4, -0.2) is 39.0 Å². The molecule has 9 heteroatoms. The van der Waals surface area contributed by atoms with Crippen molar-refractivity contribution in [1.82, 2.24) is 14.9 Å². The van der Waals surface area contributed by atoms with Gasteiger partial charge in [0, 0.05) is 13.1 Å². The average Bonchev–Trinajstić information content (AvgIpc) is 2.90. The molecule has 3 rings (SSSR count). The fourth-order valence-electron chi connectivity index (χ4n) is 2.85. The molecule has 0 saturated carbocycles. The number of aromatic nitrogens is 2. The predicted octanol–water partition coefficient (Wildman–Crippen LogP) is 2.20. The van der Waals surface area contributed by atoms with Crippen LogP contribution in [0.2, 0.25) is 0 Å². The Morgan fingerprint density at radius 1 is 1.00 bits per heavy atom. The lowest BCUT2D eigenvalue weighted by Gasteiger charge is -2.20. The van der Waals surface area contributed by atoms with E-state index in [4.69, 9.17) is 0 Å². The molecular weight excluding hydrogens is 338 g/mol. The molecule has 1 fully saturated rings. The number of aromatic amines is 2. The molecule has 0 atom stereocenters. The first-order chi connectivity index (χ1) is 12.6. The summed E-state index contributed by atoms with van der Waals surface area (Å²) in [6.45, 7) is 1.40. The number of aromatic hydroxyl groups is 1. The van der Waals surface area contributed by atoms with Crippen molar-refractivity contribution in [3.63, 3.8) is 0 Å². The summed E-state index contributed by atoms with van der Waals surface area (Å²) in [5.74, 6) is -0.820. The van der Waals surface area contributed by atoms with E-state index in [9.17, 15) is 19.5 Å². The van der Waals surface area contributed by atoms with Crippen LogP contribution in [0.5, 0.6) is 5.88 Å². The lowest BCUT2D eigenvalue weighted by molar-refractivity contribution is 0.0762. The van der Waals surface area contributed by atoms with Crippen LogP contribution in [-0.2, 0) is 0 Å². The average molecular weight is 357 g/mol. The van der Waals surface area contributed by atoms with Crippen molar-refractivity contribution in [3.05, 3.63) is 50.7 Å². The number of likely N-dealkylation sites (tertiary alicyclic amines) is 1. The highest BCUT2D eigenvalue weighted by Crippen LogP contribution is 2.25. The number of benzene rings is 1. The van der Waals surface area contributed by atoms with Gasteiger partial charge in [-0.1, -0.05) is 25.0 Å². The lowest BCUT2D eigenvalue weighted by atomic mass is 10.1. The van der Waals surface area contributed by atoms with Gasteiger partial charge in [-0.3, -0.25) is 19.6 Å². The minimum atomic E-state index is -0.869. The Labute approximate surface area is 148 Å². The van der Waals surface area contributed by atoms with Gasteiger partial charge in [-0.05, 0) is 25.0 Å². The summed E-state index contributed by atoms with van der Waals surface area (Å²) in [6.07, 6.45) is 4.16. The van der Waals surface area contributed by atoms with Gasteiger partial charge in [0.05, 0.1) is 11.3 Å². The standard InChI is InChI=1S/C17H19N5O4/c23-14-13(15(24)19-17(26)18-14)21-20-12-8-4-3-7-11(12)16(25)22-9-5-1-2-6-10-22/h3-4,7-8H,1-2,5-6,9-10H2,(H3,18,19,23,24,26). The molecule has 0 spiro atoms. The quantitative estimate of drug-likeness (QED) is 0.727. The van der Waals surface area contributed by atoms with E-state index < -0.39 is 22.8 Å². The number of amides is 1. The molecule has 0 bridgehead atoms. The summed E-state index contributed by atoms with van der Waals surface area (Å²) in [4.78, 5) is 41.4. The van der Waals surface area contributed by atoms with E-state index in [2.05, 4.69) is 10.2 Å². The molecule has 1 saturated heterocycles. The summed E-state index contributed by atoms with van der Waals surface area (Å²) in [6, 6.07) is 6.68. The van der Waals surface area contributed by atoms with E-state index >= 15 is 0 Å². The molecular formula is C17H19N5O4. The second-order valence-electron chi connectivity index (χ2n) is 6.03. The highest BCUT2D eigenvalue weighted by molar-refractivity contribution is 5.98. The van der Waals surface area contributed by atoms with Gasteiger partial charge < -0.3 is 10.0 Å². The normalized spacial score (nSPS) is 15.2. The van der Waals surface area contributed by atoms with Crippen molar-refractivity contribution in [1.29, 1.82) is 0 Å². The SMILES string of the molecule is O=C(c1ccccc1N=Nc1c(O)[nH]c(=O)[nH]c1=O)N1CCCCCC1. The largest absolute Gasteiger partial charge is 0.493 e. The molecule has 1 aromatic heterocycles. The van der Waals surface area contributed by atoms with E-state index in [1.165, 1.54) is 0 Å². The summed E-state index contributed by atoms with van der Waals surface area (Å²) < 4.78 is 0. The van der Waals surface area contributed by atoms with E-state index in [0.717, 1.165) is 25.7 Å². The zero-order valence-electron chi connectivity index (χ0n) is 14.1. The van der Waals surface area contributed by atoms with Crippen LogP contribution in [0.3, 0.4) is 0 Å². The number of nitrogens with one attached hydrogen (secondary N) is 2. The van der Waals surface area contributed by atoms with Gasteiger partial charge in [-0.15, -0.1) is 10.2 Å². The molecule has 0 radical (unpaired) electrons. The molecule has 1 aliphatic rings. The second-order valence-corrected chi connectivity index (χ2v) is 6.03. The van der Waals surface area contributed by atoms with Crippen LogP contribution < -0.4 is 11.2 Å². The Kier molecular flexibility index (Phi) is 5.26. The van der Waals surface area contributed by atoms with Crippen molar-refractivity contribution in [2.75, 3.05) is 13.1 Å². The maximum atomic E-state index is 12.8. The van der Waals surface area contributed by atoms with E-state index in [0.29, 0.717) is 18.7 Å². The minimum absolute atomic E-state index is 0.138. The number of carbonyl (C=O) groups is 1. The molecule has 2 heterocycles. The highest BCUT2D eigenvalue weighted by Gasteiger charge is 2.20. The molecule has 2 aromatic rings. The molecule has 0 aliphatic carbocycles. The van der Waals surface area contributed by atoms with Crippen LogP contribution in [0.4, 0.5) is 11.4 Å². The van der Waals surface area contributed by atoms with Crippen molar-refractivity contribution in [3.8, 4) is 5.88 Å². The van der Waals surface area contributed by atoms with E-state index in [-0.39, 0.29) is 11.6 Å². The Morgan fingerprint density at radius 3 is 2.38 bits per heavy atom. The number of H-pyrrole nitrogens is 2. The van der Waals surface area contributed by atoms with Gasteiger partial charge >= 0.3 is 5.69 Å². The highest BCUT2D eigenvalue weighted by atomic mass is 16.3. The summed E-state index contributed by atoms with van der Waals surface area (Å²) in [5, 5.41) is 17.3. The first kappa shape index (κ1) is 17.6. The second kappa shape index (κ2) is 7.77. The van der Waals surface area contributed by atoms with Crippen LogP contribution in [0, 0.1) is 0 Å². The maximum Gasteiger partial charge on any atom is 0.328 e. The van der Waals surface area contributed by atoms with Crippen molar-refractivity contribution in [2.24, 2.45) is 10.2 Å². The Bertz CT molecular complexity index is 939. The number of nitrogens with zero attached hydrogens (tertiary/aromatic N) is 3. The van der Waals surface area contributed by atoms with Gasteiger partial charge in [0.25, 0.3) is 11.5 Å². The van der Waals surface area contributed by atoms with Gasteiger partial charge in [-0.2, -0.15) is 0 Å². The third-order valence-electron chi connectivity index (χ3n) is 4.18. The monoisotopic (exact) mass is 357 g/mol. The summed E-state index contributed by atoms with van der Waals surface area (Å²) in [7, 11) is 0. The Morgan fingerprint density at radius 2 is 1.69 bits per heavy atom. The maximum absolute atomic E-state index is 12.8. The third-order valence-corrected chi connectivity index (χ3v) is 4.18. The van der Waals surface area contributed by atoms with Gasteiger partial charge in [-0.25, -0.2) is 4.79 Å². The molecule has 3 N–H and O–H groups in total. The molecule has 1 aliphatic heterocycles. The number of carbonyl (C=O) groups excluding carboxylic acids is 1. The van der Waals surface area contributed by atoms with Gasteiger partial charge in [0.1, 0.15) is 0 Å². The zero-order valence-corrected chi connectivity index (χ0v) is 14.1. The molecule has 0 unspecified atom stereocenters. The number of hydrogen-bond donors (Lipinski definition) is 3. The van der Waals surface area contributed by atoms with Crippen molar-refractivity contribution in [2.45, 2.75) is 25.7 Å². The first-order valence-corrected chi connectivity index (χ1v) is 8.42. The molecule has 136 valence electrons. The number of rotatable bonds is 3. The fourth-order valence-corrected chi connectivity index (χ4v) is 2.85.